The first-order valence-corrected chi connectivity index (χ1v) is 19.5. The molecule has 0 saturated heterocycles. The quantitative estimate of drug-likeness (QED) is 0.311. The Balaban J connectivity index is 0.000000697. The Bertz CT molecular complexity index is 604. The van der Waals surface area contributed by atoms with Gasteiger partial charge in [-0.05, 0) is 68.9 Å². The molecule has 0 aromatic heterocycles. The number of nitrogens with zero attached hydrogens (tertiary/aromatic N) is 1. The number of esters is 1. The number of carbonyl (C=O) groups excluding carboxylic acids is 1. The van der Waals surface area contributed by atoms with E-state index in [1.165, 1.54) is 0 Å². The number of benzene rings is 1. The van der Waals surface area contributed by atoms with Gasteiger partial charge < -0.3 is 9.47 Å². The van der Waals surface area contributed by atoms with Crippen molar-refractivity contribution in [3.63, 3.8) is 0 Å². The summed E-state index contributed by atoms with van der Waals surface area (Å²) in [5, 5.41) is 8.76. The summed E-state index contributed by atoms with van der Waals surface area (Å²) in [6.07, 6.45) is 0. The maximum absolute atomic E-state index is 11.4. The Morgan fingerprint density at radius 3 is 2.32 bits per heavy atom. The van der Waals surface area contributed by atoms with Crippen LogP contribution in [0.3, 0.4) is 0 Å². The van der Waals surface area contributed by atoms with Crippen LogP contribution in [0, 0.1) is 11.3 Å². The number of rotatable bonds is 5. The molecule has 0 spiro atoms. The van der Waals surface area contributed by atoms with Crippen LogP contribution in [-0.4, -0.2) is 18.2 Å². The molecule has 0 aliphatic carbocycles. The lowest BCUT2D eigenvalue weighted by Crippen LogP contribution is -2.27. The molecule has 6 unspecified atom stereocenters. The summed E-state index contributed by atoms with van der Waals surface area (Å²) in [5.74, 6) is 0.0784. The van der Waals surface area contributed by atoms with Gasteiger partial charge in [-0.3, -0.25) is 0 Å². The zero-order valence-electron chi connectivity index (χ0n) is 14.2. The molecule has 140 valence electrons. The summed E-state index contributed by atoms with van der Waals surface area (Å²) >= 11 is 3.24. The van der Waals surface area contributed by atoms with Crippen molar-refractivity contribution < 1.29 is 14.3 Å². The van der Waals surface area contributed by atoms with Gasteiger partial charge in [0, 0.05) is 4.47 Å². The van der Waals surface area contributed by atoms with Crippen LogP contribution >= 0.6 is 73.6 Å². The lowest BCUT2D eigenvalue weighted by molar-refractivity contribution is -0.157. The van der Waals surface area contributed by atoms with Crippen molar-refractivity contribution in [2.75, 3.05) is 6.61 Å². The zero-order valence-corrected chi connectivity index (χ0v) is 23.2. The Morgan fingerprint density at radius 2 is 1.96 bits per heavy atom. The summed E-state index contributed by atoms with van der Waals surface area (Å²) in [6.45, 7) is 5.68. The molecule has 6 atom stereocenters. The molecule has 0 bridgehead atoms. The summed E-state index contributed by atoms with van der Waals surface area (Å²) in [5.41, 5.74) is -0.00860. The van der Waals surface area contributed by atoms with E-state index in [1.54, 1.807) is 39.0 Å². The molecule has 0 amide bonds. The molecule has 25 heavy (non-hydrogen) atoms. The van der Waals surface area contributed by atoms with E-state index in [4.69, 9.17) is 14.7 Å². The summed E-state index contributed by atoms with van der Waals surface area (Å²) < 4.78 is 11.0. The highest BCUT2D eigenvalue weighted by molar-refractivity contribution is 9.10. The van der Waals surface area contributed by atoms with Gasteiger partial charge in [0.1, 0.15) is 17.4 Å². The average Bonchev–Trinajstić information content (AvgIpc) is 2.51. The van der Waals surface area contributed by atoms with Gasteiger partial charge in [-0.25, -0.2) is 4.79 Å². The molecule has 4 nitrogen and oxygen atoms in total. The minimum Gasteiger partial charge on any atom is -0.482 e. The number of hydrogen-bond acceptors (Lipinski definition) is 4. The van der Waals surface area contributed by atoms with Crippen molar-refractivity contribution in [3.8, 4) is 11.8 Å². The van der Waals surface area contributed by atoms with E-state index in [2.05, 4.69) is 51.6 Å². The average molecular weight is 538 g/mol. The SMILES string of the molecule is CC(C)(C)OC(=O)COc1ccc(C#N)c(Br)c1.PPP(P)P(P)P. The van der Waals surface area contributed by atoms with E-state index < -0.39 is 11.6 Å². The highest BCUT2D eigenvalue weighted by atomic mass is 79.9. The maximum atomic E-state index is 11.4. The van der Waals surface area contributed by atoms with Gasteiger partial charge in [-0.1, -0.05) is 7.96 Å². The standard InChI is InChI=1S/C13H14BrNO3.H9P7/c1-13(2,3)18-12(16)8-17-10-5-4-9(7-15)11(14)6-10;1-5-7(4)6(2)3/h4-6H,8H2,1-3H3;5H,1-4H2. The topological polar surface area (TPSA) is 59.3 Å². The van der Waals surface area contributed by atoms with Gasteiger partial charge >= 0.3 is 5.97 Å². The summed E-state index contributed by atoms with van der Waals surface area (Å²) in [4.78, 5) is 11.4. The van der Waals surface area contributed by atoms with Crippen LogP contribution in [0.25, 0.3) is 0 Å². The third-order valence-corrected chi connectivity index (χ3v) is 33.4. The number of hydrogen-bond donors (Lipinski definition) is 0. The van der Waals surface area contributed by atoms with Gasteiger partial charge in [0.25, 0.3) is 0 Å². The number of nitriles is 1. The summed E-state index contributed by atoms with van der Waals surface area (Å²) in [7, 11) is 12.4. The fourth-order valence-electron chi connectivity index (χ4n) is 1.26. The van der Waals surface area contributed by atoms with E-state index in [0.717, 1.165) is 7.96 Å². The fourth-order valence-corrected chi connectivity index (χ4v) is 17.8. The molecule has 0 fully saturated rings. The van der Waals surface area contributed by atoms with E-state index >= 15 is 0 Å². The van der Waals surface area contributed by atoms with Crippen molar-refractivity contribution >= 4 is 79.5 Å². The van der Waals surface area contributed by atoms with Crippen molar-refractivity contribution in [2.24, 2.45) is 0 Å². The predicted octanol–water partition coefficient (Wildman–Crippen LogP) is 6.66. The van der Waals surface area contributed by atoms with E-state index in [9.17, 15) is 4.79 Å². The van der Waals surface area contributed by atoms with Crippen LogP contribution in [0.15, 0.2) is 22.7 Å². The lowest BCUT2D eigenvalue weighted by atomic mass is 10.2. The smallest absolute Gasteiger partial charge is 0.344 e. The van der Waals surface area contributed by atoms with Crippen molar-refractivity contribution in [1.82, 2.24) is 0 Å². The molecule has 12 heteroatoms. The van der Waals surface area contributed by atoms with E-state index in [1.807, 2.05) is 6.07 Å². The molecular formula is C13H23BrNO3P7. The highest BCUT2D eigenvalue weighted by Crippen LogP contribution is 2.92. The molecule has 0 aliphatic heterocycles. The third-order valence-electron chi connectivity index (χ3n) is 2.22. The molecule has 1 rings (SSSR count). The monoisotopic (exact) mass is 537 g/mol. The molecule has 1 aromatic carbocycles. The first kappa shape index (κ1) is 26.5. The van der Waals surface area contributed by atoms with Gasteiger partial charge in [0.05, 0.1) is 5.56 Å². The minimum absolute atomic E-state index is 0.157. The first-order chi connectivity index (χ1) is 11.5. The van der Waals surface area contributed by atoms with Crippen molar-refractivity contribution in [2.45, 2.75) is 26.4 Å². The Labute approximate surface area is 171 Å². The Hall–Kier alpha value is 1.47. The minimum atomic E-state index is -0.522. The van der Waals surface area contributed by atoms with Crippen molar-refractivity contribution in [3.05, 3.63) is 28.2 Å². The zero-order chi connectivity index (χ0) is 19.6. The number of ether oxygens (including phenoxy) is 2. The fraction of sp³-hybridized carbons (Fsp3) is 0.385. The van der Waals surface area contributed by atoms with E-state index in [0.29, 0.717) is 15.8 Å². The normalized spacial score (nSPS) is 12.3. The Morgan fingerprint density at radius 1 is 1.36 bits per heavy atom. The Kier molecular flexibility index (Phi) is 14.4. The molecular weight excluding hydrogens is 515 g/mol. The second kappa shape index (κ2) is 13.6. The lowest BCUT2D eigenvalue weighted by Gasteiger charge is -2.19. The molecule has 0 aliphatic rings. The van der Waals surface area contributed by atoms with Crippen molar-refractivity contribution in [1.29, 1.82) is 5.26 Å². The van der Waals surface area contributed by atoms with E-state index in [-0.39, 0.29) is 20.6 Å². The molecule has 0 radical (unpaired) electrons. The number of carbonyl (C=O) groups is 1. The van der Waals surface area contributed by atoms with Crippen LogP contribution in [0.1, 0.15) is 26.3 Å². The molecule has 0 N–H and O–H groups in total. The second-order valence-electron chi connectivity index (χ2n) is 5.48. The van der Waals surface area contributed by atoms with Crippen LogP contribution in [0.4, 0.5) is 0 Å². The van der Waals surface area contributed by atoms with Gasteiger partial charge in [-0.2, -0.15) is 5.26 Å². The van der Waals surface area contributed by atoms with Gasteiger partial charge in [-0.15, -0.1) is 35.7 Å². The summed E-state index contributed by atoms with van der Waals surface area (Å²) in [6, 6.07) is 6.92. The number of halogens is 1. The predicted molar refractivity (Wildman–Crippen MR) is 131 cm³/mol. The molecule has 0 heterocycles. The van der Waals surface area contributed by atoms with Gasteiger partial charge in [0.2, 0.25) is 0 Å². The highest BCUT2D eigenvalue weighted by Gasteiger charge is 2.16. The third kappa shape index (κ3) is 13.3. The van der Waals surface area contributed by atoms with Crippen LogP contribution in [0.2, 0.25) is 0 Å². The van der Waals surface area contributed by atoms with Crippen LogP contribution in [-0.2, 0) is 9.53 Å². The van der Waals surface area contributed by atoms with Crippen LogP contribution < -0.4 is 4.74 Å². The molecule has 1 aromatic rings. The molecule has 0 saturated carbocycles. The first-order valence-electron chi connectivity index (χ1n) is 6.85. The largest absolute Gasteiger partial charge is 0.482 e. The van der Waals surface area contributed by atoms with Crippen LogP contribution in [0.5, 0.6) is 5.75 Å². The maximum Gasteiger partial charge on any atom is 0.344 e. The van der Waals surface area contributed by atoms with Gasteiger partial charge in [0.15, 0.2) is 6.61 Å². The second-order valence-corrected chi connectivity index (χ2v) is 28.5.